The summed E-state index contributed by atoms with van der Waals surface area (Å²) >= 11 is 0. The molecule has 0 spiro atoms. The smallest absolute Gasteiger partial charge is 0.161 e. The topological polar surface area (TPSA) is 107 Å². The van der Waals surface area contributed by atoms with Crippen LogP contribution < -0.4 is 0 Å². The van der Waals surface area contributed by atoms with Gasteiger partial charge in [-0.1, -0.05) is 115 Å². The molecule has 0 N–H and O–H groups in total. The summed E-state index contributed by atoms with van der Waals surface area (Å²) in [7, 11) is 0. The molecule has 3 heterocycles. The Balaban J connectivity index is 0.991. The van der Waals surface area contributed by atoms with E-state index in [1.165, 1.54) is 10.8 Å². The Morgan fingerprint density at radius 2 is 0.855 bits per heavy atom. The van der Waals surface area contributed by atoms with Gasteiger partial charge in [0, 0.05) is 43.9 Å². The summed E-state index contributed by atoms with van der Waals surface area (Å²) in [6, 6.07) is 69.7. The van der Waals surface area contributed by atoms with Crippen LogP contribution in [-0.4, -0.2) is 19.1 Å². The van der Waals surface area contributed by atoms with Gasteiger partial charge in [0.1, 0.15) is 6.07 Å². The second-order valence-electron chi connectivity index (χ2n) is 15.1. The molecule has 0 atom stereocenters. The monoisotopic (exact) mass is 789 g/mol. The molecule has 286 valence electrons. The molecule has 0 unspecified atom stereocenters. The Bertz CT molecular complexity index is 3610. The van der Waals surface area contributed by atoms with Crippen molar-refractivity contribution >= 4 is 43.6 Å². The Hall–Kier alpha value is -9.09. The van der Waals surface area contributed by atoms with Crippen molar-refractivity contribution < 1.29 is 0 Å². The zero-order valence-corrected chi connectivity index (χ0v) is 33.0. The molecule has 7 heteroatoms. The van der Waals surface area contributed by atoms with Crippen LogP contribution in [0.4, 0.5) is 0 Å². The van der Waals surface area contributed by atoms with Crippen LogP contribution in [0.2, 0.25) is 0 Å². The van der Waals surface area contributed by atoms with Crippen LogP contribution in [0.5, 0.6) is 0 Å². The summed E-state index contributed by atoms with van der Waals surface area (Å²) in [6.07, 6.45) is 0. The second-order valence-corrected chi connectivity index (χ2v) is 15.1. The molecule has 0 aliphatic carbocycles. The first-order chi connectivity index (χ1) is 30.6. The van der Waals surface area contributed by atoms with E-state index in [0.717, 1.165) is 60.9 Å². The zero-order valence-electron chi connectivity index (χ0n) is 33.0. The maximum atomic E-state index is 10.7. The van der Waals surface area contributed by atoms with Crippen LogP contribution in [0.25, 0.3) is 100 Å². The van der Waals surface area contributed by atoms with Gasteiger partial charge in [-0.2, -0.15) is 15.8 Å². The van der Waals surface area contributed by atoms with Gasteiger partial charge < -0.3 is 9.13 Å². The minimum Gasteiger partial charge on any atom is -0.309 e. The highest BCUT2D eigenvalue weighted by atomic mass is 15.0. The van der Waals surface area contributed by atoms with E-state index < -0.39 is 0 Å². The second kappa shape index (κ2) is 14.6. The first-order valence-electron chi connectivity index (χ1n) is 20.2. The number of nitriles is 3. The molecule has 7 nitrogen and oxygen atoms in total. The Labute approximate surface area is 356 Å². The van der Waals surface area contributed by atoms with Gasteiger partial charge in [-0.15, -0.1) is 0 Å². The summed E-state index contributed by atoms with van der Waals surface area (Å²) in [6.45, 7) is 0. The van der Waals surface area contributed by atoms with E-state index >= 15 is 0 Å². The van der Waals surface area contributed by atoms with E-state index in [0.29, 0.717) is 45.0 Å². The zero-order chi connectivity index (χ0) is 41.7. The SMILES string of the molecule is N#Cc1ccccc1-c1cc(-c2ccc(-c3ccc(-n4c5ccccc5c5cc(-n6c7ccccc7c7ccccc76)ccc54)c(C#N)c3)cc2)nc(-c2ccccc2C#N)n1. The molecule has 0 aliphatic rings. The Morgan fingerprint density at radius 1 is 0.355 bits per heavy atom. The quantitative estimate of drug-likeness (QED) is 0.167. The first-order valence-corrected chi connectivity index (χ1v) is 20.2. The number of benzene rings is 8. The van der Waals surface area contributed by atoms with Gasteiger partial charge in [0.15, 0.2) is 5.82 Å². The van der Waals surface area contributed by atoms with Crippen molar-refractivity contribution in [3.63, 3.8) is 0 Å². The van der Waals surface area contributed by atoms with Crippen LogP contribution in [-0.2, 0) is 0 Å². The van der Waals surface area contributed by atoms with Crippen molar-refractivity contribution in [2.75, 3.05) is 0 Å². The molecule has 0 saturated heterocycles. The predicted octanol–water partition coefficient (Wildman–Crippen LogP) is 13.0. The van der Waals surface area contributed by atoms with E-state index in [2.05, 4.69) is 118 Å². The molecule has 0 aliphatic heterocycles. The molecule has 8 aromatic carbocycles. The summed E-state index contributed by atoms with van der Waals surface area (Å²) < 4.78 is 4.53. The van der Waals surface area contributed by atoms with Gasteiger partial charge in [0.2, 0.25) is 0 Å². The summed E-state index contributed by atoms with van der Waals surface area (Å²) in [4.78, 5) is 9.80. The largest absolute Gasteiger partial charge is 0.309 e. The summed E-state index contributed by atoms with van der Waals surface area (Å²) in [5.41, 5.74) is 12.9. The van der Waals surface area contributed by atoms with Crippen molar-refractivity contribution in [1.82, 2.24) is 19.1 Å². The van der Waals surface area contributed by atoms with Gasteiger partial charge in [-0.3, -0.25) is 0 Å². The molecule has 0 saturated carbocycles. The third-order valence-electron chi connectivity index (χ3n) is 11.7. The molecule has 11 aromatic rings. The average molecular weight is 790 g/mol. The summed E-state index contributed by atoms with van der Waals surface area (Å²) in [5, 5.41) is 35.2. The standard InChI is InChI=1S/C55H31N7/c56-32-38-11-1-3-13-42(38)49-31-48(59-55(60-49)43-14-4-2-12-39(43)33-57)36-23-21-35(22-24-36)37-25-27-50(40(29-37)34-58)62-53-20-10-7-17-46(53)47-30-41(26-28-54(47)62)61-51-18-8-5-15-44(51)45-16-6-9-19-52(45)61/h1-31H. The lowest BCUT2D eigenvalue weighted by Crippen LogP contribution is -1.99. The molecular weight excluding hydrogens is 759 g/mol. The number of fused-ring (bicyclic) bond motifs is 6. The molecule has 0 amide bonds. The number of hydrogen-bond donors (Lipinski definition) is 0. The van der Waals surface area contributed by atoms with Gasteiger partial charge >= 0.3 is 0 Å². The van der Waals surface area contributed by atoms with Crippen LogP contribution >= 0.6 is 0 Å². The minimum absolute atomic E-state index is 0.397. The molecule has 0 bridgehead atoms. The Morgan fingerprint density at radius 3 is 1.52 bits per heavy atom. The van der Waals surface area contributed by atoms with Crippen molar-refractivity contribution in [2.24, 2.45) is 0 Å². The van der Waals surface area contributed by atoms with Crippen LogP contribution in [0, 0.1) is 34.0 Å². The number of para-hydroxylation sites is 3. The fourth-order valence-electron chi connectivity index (χ4n) is 8.83. The molecule has 11 rings (SSSR count). The maximum absolute atomic E-state index is 10.7. The molecule has 0 radical (unpaired) electrons. The highest BCUT2D eigenvalue weighted by molar-refractivity contribution is 6.12. The molecule has 62 heavy (non-hydrogen) atoms. The number of hydrogen-bond acceptors (Lipinski definition) is 5. The van der Waals surface area contributed by atoms with Gasteiger partial charge in [-0.05, 0) is 83.9 Å². The number of aromatic nitrogens is 4. The lowest BCUT2D eigenvalue weighted by atomic mass is 9.99. The third kappa shape index (κ3) is 5.80. The van der Waals surface area contributed by atoms with Gasteiger partial charge in [0.25, 0.3) is 0 Å². The molecular formula is C55H31N7. The fourth-order valence-corrected chi connectivity index (χ4v) is 8.83. The predicted molar refractivity (Wildman–Crippen MR) is 247 cm³/mol. The van der Waals surface area contributed by atoms with E-state index in [1.807, 2.05) is 84.9 Å². The van der Waals surface area contributed by atoms with E-state index in [9.17, 15) is 15.8 Å². The van der Waals surface area contributed by atoms with E-state index in [-0.39, 0.29) is 0 Å². The van der Waals surface area contributed by atoms with Gasteiger partial charge in [-0.25, -0.2) is 9.97 Å². The Kier molecular flexibility index (Phi) is 8.50. The maximum Gasteiger partial charge on any atom is 0.161 e. The van der Waals surface area contributed by atoms with Crippen LogP contribution in [0.15, 0.2) is 188 Å². The van der Waals surface area contributed by atoms with E-state index in [1.54, 1.807) is 12.1 Å². The van der Waals surface area contributed by atoms with Crippen molar-refractivity contribution in [2.45, 2.75) is 0 Å². The van der Waals surface area contributed by atoms with Crippen molar-refractivity contribution in [1.29, 1.82) is 15.8 Å². The summed E-state index contributed by atoms with van der Waals surface area (Å²) in [5.74, 6) is 0.397. The minimum atomic E-state index is 0.397. The molecule has 3 aromatic heterocycles. The number of rotatable bonds is 6. The van der Waals surface area contributed by atoms with Gasteiger partial charge in [0.05, 0.1) is 68.0 Å². The van der Waals surface area contributed by atoms with Crippen molar-refractivity contribution in [3.05, 3.63) is 205 Å². The average Bonchev–Trinajstić information content (AvgIpc) is 3.86. The van der Waals surface area contributed by atoms with Crippen molar-refractivity contribution in [3.8, 4) is 74.6 Å². The molecule has 0 fully saturated rings. The van der Waals surface area contributed by atoms with Crippen LogP contribution in [0.1, 0.15) is 16.7 Å². The highest BCUT2D eigenvalue weighted by Crippen LogP contribution is 2.39. The third-order valence-corrected chi connectivity index (χ3v) is 11.7. The lowest BCUT2D eigenvalue weighted by molar-refractivity contribution is 1.16. The fraction of sp³-hybridized carbons (Fsp3) is 0. The van der Waals surface area contributed by atoms with Crippen LogP contribution in [0.3, 0.4) is 0 Å². The highest BCUT2D eigenvalue weighted by Gasteiger charge is 2.19. The lowest BCUT2D eigenvalue weighted by Gasteiger charge is -2.13. The number of nitrogens with zero attached hydrogens (tertiary/aromatic N) is 7. The van der Waals surface area contributed by atoms with E-state index in [4.69, 9.17) is 9.97 Å². The first kappa shape index (κ1) is 36.0. The normalized spacial score (nSPS) is 11.2.